The predicted octanol–water partition coefficient (Wildman–Crippen LogP) is 3.98. The summed E-state index contributed by atoms with van der Waals surface area (Å²) in [6, 6.07) is 14.6. The molecule has 0 spiro atoms. The smallest absolute Gasteiger partial charge is 0.257 e. The van der Waals surface area contributed by atoms with Crippen LogP contribution in [0, 0.1) is 6.92 Å². The summed E-state index contributed by atoms with van der Waals surface area (Å²) in [7, 11) is 0. The van der Waals surface area contributed by atoms with E-state index in [-0.39, 0.29) is 24.1 Å². The lowest BCUT2D eigenvalue weighted by molar-refractivity contribution is -0.138. The molecule has 1 fully saturated rings. The molecule has 1 aliphatic rings. The van der Waals surface area contributed by atoms with Crippen molar-refractivity contribution in [2.45, 2.75) is 45.6 Å². The molecule has 1 aromatic heterocycles. The van der Waals surface area contributed by atoms with Gasteiger partial charge in [-0.2, -0.15) is 0 Å². The summed E-state index contributed by atoms with van der Waals surface area (Å²) in [5.74, 6) is -0.670. The highest BCUT2D eigenvalue weighted by molar-refractivity contribution is 6.23. The first-order chi connectivity index (χ1) is 15.0. The van der Waals surface area contributed by atoms with E-state index in [1.807, 2.05) is 56.4 Å². The van der Waals surface area contributed by atoms with E-state index in [9.17, 15) is 14.4 Å². The molecule has 1 aliphatic heterocycles. The van der Waals surface area contributed by atoms with Gasteiger partial charge in [0.15, 0.2) is 0 Å². The van der Waals surface area contributed by atoms with Crippen molar-refractivity contribution < 1.29 is 14.4 Å². The number of benzene rings is 2. The number of H-pyrrole nitrogens is 1. The number of nitrogens with zero attached hydrogens (tertiary/aromatic N) is 2. The Morgan fingerprint density at radius 3 is 2.61 bits per heavy atom. The van der Waals surface area contributed by atoms with E-state index in [2.05, 4.69) is 4.98 Å². The van der Waals surface area contributed by atoms with E-state index in [0.717, 1.165) is 22.0 Å². The SMILES string of the molecule is CCCC(=O)N(CCc1c[nH]c2ccccc12)C1CC(=O)N(c2ccc(C)cc2)C1=O. The molecule has 31 heavy (non-hydrogen) atoms. The van der Waals surface area contributed by atoms with Crippen molar-refractivity contribution in [2.24, 2.45) is 0 Å². The molecular weight excluding hydrogens is 390 g/mol. The number of fused-ring (bicyclic) bond motifs is 1. The van der Waals surface area contributed by atoms with Gasteiger partial charge in [0.05, 0.1) is 12.1 Å². The maximum absolute atomic E-state index is 13.2. The number of hydrogen-bond donors (Lipinski definition) is 1. The minimum absolute atomic E-state index is 0.0239. The molecule has 6 heteroatoms. The number of amides is 3. The summed E-state index contributed by atoms with van der Waals surface area (Å²) in [5.41, 5.74) is 3.75. The Hall–Kier alpha value is -3.41. The van der Waals surface area contributed by atoms with Crippen LogP contribution in [-0.2, 0) is 20.8 Å². The molecule has 2 heterocycles. The first-order valence-corrected chi connectivity index (χ1v) is 10.8. The molecule has 3 amide bonds. The lowest BCUT2D eigenvalue weighted by Crippen LogP contribution is -2.46. The third-order valence-electron chi connectivity index (χ3n) is 5.87. The van der Waals surface area contributed by atoms with Crippen LogP contribution in [0.25, 0.3) is 10.9 Å². The van der Waals surface area contributed by atoms with Crippen molar-refractivity contribution in [3.05, 3.63) is 65.9 Å². The van der Waals surface area contributed by atoms with E-state index >= 15 is 0 Å². The Balaban J connectivity index is 1.57. The quantitative estimate of drug-likeness (QED) is 0.591. The first-order valence-electron chi connectivity index (χ1n) is 10.8. The first kappa shape index (κ1) is 20.8. The Labute approximate surface area is 181 Å². The van der Waals surface area contributed by atoms with Gasteiger partial charge >= 0.3 is 0 Å². The zero-order chi connectivity index (χ0) is 22.0. The Bertz CT molecular complexity index is 1120. The van der Waals surface area contributed by atoms with E-state index in [1.54, 1.807) is 17.0 Å². The van der Waals surface area contributed by atoms with E-state index in [1.165, 1.54) is 4.90 Å². The van der Waals surface area contributed by atoms with Crippen LogP contribution < -0.4 is 4.90 Å². The number of carbonyl (C=O) groups is 3. The third-order valence-corrected chi connectivity index (χ3v) is 5.87. The maximum Gasteiger partial charge on any atom is 0.257 e. The number of aromatic amines is 1. The molecule has 160 valence electrons. The summed E-state index contributed by atoms with van der Waals surface area (Å²) in [5, 5.41) is 1.11. The average Bonchev–Trinajstić information content (AvgIpc) is 3.30. The topological polar surface area (TPSA) is 73.5 Å². The Morgan fingerprint density at radius 2 is 1.87 bits per heavy atom. The molecule has 2 aromatic carbocycles. The van der Waals surface area contributed by atoms with Gasteiger partial charge in [-0.05, 0) is 43.5 Å². The van der Waals surface area contributed by atoms with Crippen LogP contribution in [-0.4, -0.2) is 40.2 Å². The van der Waals surface area contributed by atoms with Crippen molar-refractivity contribution in [3.8, 4) is 0 Å². The Kier molecular flexibility index (Phi) is 5.89. The van der Waals surface area contributed by atoms with Gasteiger partial charge in [-0.1, -0.05) is 42.8 Å². The number of imide groups is 1. The van der Waals surface area contributed by atoms with Gasteiger partial charge in [-0.25, -0.2) is 4.90 Å². The lowest BCUT2D eigenvalue weighted by Gasteiger charge is -2.27. The van der Waals surface area contributed by atoms with E-state index < -0.39 is 6.04 Å². The fourth-order valence-corrected chi connectivity index (χ4v) is 4.22. The molecule has 3 aromatic rings. The van der Waals surface area contributed by atoms with Crippen molar-refractivity contribution in [3.63, 3.8) is 0 Å². The molecular formula is C25H27N3O3. The van der Waals surface area contributed by atoms with Gasteiger partial charge in [0.2, 0.25) is 11.8 Å². The number of hydrogen-bond acceptors (Lipinski definition) is 3. The molecule has 4 rings (SSSR count). The fraction of sp³-hybridized carbons (Fsp3) is 0.320. The van der Waals surface area contributed by atoms with Gasteiger partial charge in [0.25, 0.3) is 5.91 Å². The van der Waals surface area contributed by atoms with Crippen molar-refractivity contribution in [1.82, 2.24) is 9.88 Å². The second-order valence-corrected chi connectivity index (χ2v) is 8.07. The van der Waals surface area contributed by atoms with Crippen LogP contribution >= 0.6 is 0 Å². The van der Waals surface area contributed by atoms with Crippen molar-refractivity contribution in [2.75, 3.05) is 11.4 Å². The normalized spacial score (nSPS) is 16.3. The minimum atomic E-state index is -0.752. The summed E-state index contributed by atoms with van der Waals surface area (Å²) < 4.78 is 0. The van der Waals surface area contributed by atoms with Crippen LogP contribution in [0.15, 0.2) is 54.7 Å². The van der Waals surface area contributed by atoms with Gasteiger partial charge in [-0.15, -0.1) is 0 Å². The molecule has 1 saturated heterocycles. The zero-order valence-corrected chi connectivity index (χ0v) is 17.9. The number of para-hydroxylation sites is 1. The zero-order valence-electron chi connectivity index (χ0n) is 17.9. The van der Waals surface area contributed by atoms with Crippen LogP contribution in [0.5, 0.6) is 0 Å². The molecule has 0 bridgehead atoms. The highest BCUT2D eigenvalue weighted by atomic mass is 16.2. The lowest BCUT2D eigenvalue weighted by atomic mass is 10.1. The maximum atomic E-state index is 13.2. The number of aromatic nitrogens is 1. The second kappa shape index (κ2) is 8.76. The largest absolute Gasteiger partial charge is 0.361 e. The summed E-state index contributed by atoms with van der Waals surface area (Å²) in [6.07, 6.45) is 3.64. The van der Waals surface area contributed by atoms with Crippen LogP contribution in [0.3, 0.4) is 0 Å². The molecule has 0 aliphatic carbocycles. The molecule has 1 unspecified atom stereocenters. The van der Waals surface area contributed by atoms with Crippen molar-refractivity contribution >= 4 is 34.3 Å². The molecule has 1 atom stereocenters. The minimum Gasteiger partial charge on any atom is -0.361 e. The summed E-state index contributed by atoms with van der Waals surface area (Å²) in [4.78, 5) is 45.0. The fourth-order valence-electron chi connectivity index (χ4n) is 4.22. The van der Waals surface area contributed by atoms with Crippen LogP contribution in [0.2, 0.25) is 0 Å². The third kappa shape index (κ3) is 4.10. The number of aryl methyl sites for hydroxylation is 1. The average molecular weight is 418 g/mol. The number of anilines is 1. The summed E-state index contributed by atoms with van der Waals surface area (Å²) >= 11 is 0. The van der Waals surface area contributed by atoms with Gasteiger partial charge in [0, 0.05) is 30.1 Å². The second-order valence-electron chi connectivity index (χ2n) is 8.07. The number of rotatable bonds is 7. The van der Waals surface area contributed by atoms with Gasteiger partial charge < -0.3 is 9.88 Å². The van der Waals surface area contributed by atoms with E-state index in [4.69, 9.17) is 0 Å². The van der Waals surface area contributed by atoms with Crippen molar-refractivity contribution in [1.29, 1.82) is 0 Å². The monoisotopic (exact) mass is 417 g/mol. The van der Waals surface area contributed by atoms with E-state index in [0.29, 0.717) is 31.5 Å². The standard InChI is InChI=1S/C25H27N3O3/c1-3-6-23(29)27(14-13-18-16-26-21-8-5-4-7-20(18)21)22-15-24(30)28(25(22)31)19-11-9-17(2)10-12-19/h4-5,7-12,16,22,26H,3,6,13-15H2,1-2H3. The van der Waals surface area contributed by atoms with Gasteiger partial charge in [0.1, 0.15) is 6.04 Å². The molecule has 0 radical (unpaired) electrons. The molecule has 6 nitrogen and oxygen atoms in total. The van der Waals surface area contributed by atoms with Crippen LogP contribution in [0.4, 0.5) is 5.69 Å². The number of carbonyl (C=O) groups excluding carboxylic acids is 3. The molecule has 1 N–H and O–H groups in total. The van der Waals surface area contributed by atoms with Crippen LogP contribution in [0.1, 0.15) is 37.3 Å². The highest BCUT2D eigenvalue weighted by Crippen LogP contribution is 2.27. The Morgan fingerprint density at radius 1 is 1.13 bits per heavy atom. The highest BCUT2D eigenvalue weighted by Gasteiger charge is 2.44. The predicted molar refractivity (Wildman–Crippen MR) is 121 cm³/mol. The number of nitrogens with one attached hydrogen (secondary N) is 1. The molecule has 0 saturated carbocycles. The summed E-state index contributed by atoms with van der Waals surface area (Å²) in [6.45, 7) is 4.29. The van der Waals surface area contributed by atoms with Gasteiger partial charge in [-0.3, -0.25) is 14.4 Å².